The molecule has 10 nitrogen and oxygen atoms in total. The summed E-state index contributed by atoms with van der Waals surface area (Å²) in [5.74, 6) is 1.84. The zero-order valence-corrected chi connectivity index (χ0v) is 25.9. The predicted molar refractivity (Wildman–Crippen MR) is 194 cm³/mol. The lowest BCUT2D eigenvalue weighted by Crippen LogP contribution is -2.11. The van der Waals surface area contributed by atoms with E-state index in [1.165, 1.54) is 0 Å². The Bertz CT molecular complexity index is 2070. The van der Waals surface area contributed by atoms with Gasteiger partial charge in [0, 0.05) is 25.0 Å². The first-order valence-electron chi connectivity index (χ1n) is 15.1. The molecule has 246 valence electrons. The molecule has 4 heterocycles. The number of carboxylic acid groups (broad SMARTS) is 1. The van der Waals surface area contributed by atoms with Gasteiger partial charge in [0.25, 0.3) is 0 Å². The molecule has 0 fully saturated rings. The number of nitrogens with zero attached hydrogens (tertiary/aromatic N) is 4. The van der Waals surface area contributed by atoms with Crippen molar-refractivity contribution in [2.75, 3.05) is 13.1 Å². The number of benzene rings is 4. The van der Waals surface area contributed by atoms with Crippen LogP contribution in [0.15, 0.2) is 129 Å². The first-order chi connectivity index (χ1) is 23.0. The van der Waals surface area contributed by atoms with Crippen LogP contribution in [0.2, 0.25) is 0 Å². The molecule has 0 spiro atoms. The number of aliphatic carboxylic acids is 1. The van der Waals surface area contributed by atoms with Crippen molar-refractivity contribution in [2.24, 2.45) is 20.0 Å². The van der Waals surface area contributed by atoms with E-state index in [9.17, 15) is 9.59 Å². The highest BCUT2D eigenvalue weighted by molar-refractivity contribution is 6.37. The SMILES string of the molecule is C.N.O=C(O)C1=Nc2cc(Oc3ccc(C4=NCC=C4)cc3)ccc2C1.O=CC1=Nc2cc(Oc3ccc(C4=NCC=C4)cc3)ccc2C1. The topological polar surface area (TPSA) is 157 Å². The van der Waals surface area contributed by atoms with Crippen molar-refractivity contribution in [3.05, 3.63) is 131 Å². The van der Waals surface area contributed by atoms with Crippen molar-refractivity contribution in [1.29, 1.82) is 0 Å². The van der Waals surface area contributed by atoms with E-state index in [-0.39, 0.29) is 19.3 Å². The lowest BCUT2D eigenvalue weighted by atomic mass is 10.1. The number of hydrogen-bond donors (Lipinski definition) is 2. The molecule has 0 aromatic heterocycles. The maximum atomic E-state index is 11.0. The van der Waals surface area contributed by atoms with E-state index >= 15 is 0 Å². The van der Waals surface area contributed by atoms with Gasteiger partial charge in [0.05, 0.1) is 41.6 Å². The Morgan fingerprint density at radius 3 is 1.57 bits per heavy atom. The first-order valence-corrected chi connectivity index (χ1v) is 15.1. The fourth-order valence-corrected chi connectivity index (χ4v) is 5.44. The van der Waals surface area contributed by atoms with E-state index in [4.69, 9.17) is 14.6 Å². The molecule has 0 amide bonds. The van der Waals surface area contributed by atoms with Crippen molar-refractivity contribution in [3.8, 4) is 23.0 Å². The first kappa shape index (κ1) is 34.1. The molecule has 0 saturated heterocycles. The molecular weight excluding hydrogens is 618 g/mol. The second-order valence-electron chi connectivity index (χ2n) is 11.0. The summed E-state index contributed by atoms with van der Waals surface area (Å²) >= 11 is 0. The summed E-state index contributed by atoms with van der Waals surface area (Å²) in [4.78, 5) is 39.0. The predicted octanol–water partition coefficient (Wildman–Crippen LogP) is 8.01. The molecule has 4 aromatic rings. The molecule has 4 aliphatic rings. The molecule has 10 heteroatoms. The molecule has 0 atom stereocenters. The van der Waals surface area contributed by atoms with E-state index in [2.05, 4.69) is 20.0 Å². The van der Waals surface area contributed by atoms with Crippen molar-refractivity contribution in [2.45, 2.75) is 20.3 Å². The summed E-state index contributed by atoms with van der Waals surface area (Å²) in [5, 5.41) is 9.03. The Morgan fingerprint density at radius 2 is 1.12 bits per heavy atom. The largest absolute Gasteiger partial charge is 0.477 e. The zero-order chi connectivity index (χ0) is 32.2. The second-order valence-corrected chi connectivity index (χ2v) is 11.0. The molecule has 0 radical (unpaired) electrons. The van der Waals surface area contributed by atoms with Crippen LogP contribution in [0.4, 0.5) is 11.4 Å². The summed E-state index contributed by atoms with van der Waals surface area (Å²) in [6.45, 7) is 1.49. The van der Waals surface area contributed by atoms with Crippen LogP contribution in [0.5, 0.6) is 23.0 Å². The molecular formula is C39H35N5O5. The summed E-state index contributed by atoms with van der Waals surface area (Å²) in [5.41, 5.74) is 8.28. The highest BCUT2D eigenvalue weighted by Crippen LogP contribution is 2.34. The highest BCUT2D eigenvalue weighted by atomic mass is 16.5. The van der Waals surface area contributed by atoms with Crippen LogP contribution in [-0.2, 0) is 22.4 Å². The molecule has 0 unspecified atom stereocenters. The Morgan fingerprint density at radius 1 is 0.653 bits per heavy atom. The van der Waals surface area contributed by atoms with E-state index in [0.717, 1.165) is 64.5 Å². The molecule has 0 saturated carbocycles. The Hall–Kier alpha value is -6.26. The lowest BCUT2D eigenvalue weighted by molar-refractivity contribution is -0.129. The molecule has 4 aliphatic heterocycles. The van der Waals surface area contributed by atoms with Gasteiger partial charge in [-0.1, -0.05) is 31.7 Å². The van der Waals surface area contributed by atoms with E-state index < -0.39 is 5.97 Å². The minimum Gasteiger partial charge on any atom is -0.477 e. The number of aldehydes is 1. The normalized spacial score (nSPS) is 14.4. The minimum absolute atomic E-state index is 0. The quantitative estimate of drug-likeness (QED) is 0.183. The Balaban J connectivity index is 0.000000184. The maximum Gasteiger partial charge on any atom is 0.350 e. The van der Waals surface area contributed by atoms with E-state index in [0.29, 0.717) is 41.5 Å². The number of aliphatic imine (C=N–C) groups is 4. The van der Waals surface area contributed by atoms with Crippen molar-refractivity contribution < 1.29 is 24.2 Å². The average molecular weight is 654 g/mol. The van der Waals surface area contributed by atoms with Gasteiger partial charge in [-0.3, -0.25) is 14.8 Å². The summed E-state index contributed by atoms with van der Waals surface area (Å²) in [6.07, 6.45) is 9.86. The molecule has 8 rings (SSSR count). The van der Waals surface area contributed by atoms with Gasteiger partial charge >= 0.3 is 5.97 Å². The maximum absolute atomic E-state index is 11.0. The second kappa shape index (κ2) is 15.1. The Kier molecular flexibility index (Phi) is 10.5. The number of fused-ring (bicyclic) bond motifs is 2. The molecule has 0 aliphatic carbocycles. The number of ether oxygens (including phenoxy) is 2. The lowest BCUT2D eigenvalue weighted by Gasteiger charge is -2.08. The third-order valence-corrected chi connectivity index (χ3v) is 7.80. The van der Waals surface area contributed by atoms with Gasteiger partial charge in [-0.2, -0.15) is 0 Å². The molecule has 4 N–H and O–H groups in total. The van der Waals surface area contributed by atoms with Gasteiger partial charge in [-0.05, 0) is 95.1 Å². The van der Waals surface area contributed by atoms with Gasteiger partial charge < -0.3 is 20.7 Å². The van der Waals surface area contributed by atoms with Crippen LogP contribution < -0.4 is 15.6 Å². The van der Waals surface area contributed by atoms with Gasteiger partial charge in [0.2, 0.25) is 0 Å². The third-order valence-electron chi connectivity index (χ3n) is 7.80. The smallest absolute Gasteiger partial charge is 0.350 e. The van der Waals surface area contributed by atoms with E-state index in [1.54, 1.807) is 6.07 Å². The van der Waals surface area contributed by atoms with Gasteiger partial charge in [0.15, 0.2) is 6.29 Å². The number of carbonyl (C=O) groups is 2. The van der Waals surface area contributed by atoms with Gasteiger partial charge in [-0.25, -0.2) is 14.8 Å². The molecule has 0 bridgehead atoms. The van der Waals surface area contributed by atoms with Crippen molar-refractivity contribution in [1.82, 2.24) is 6.15 Å². The van der Waals surface area contributed by atoms with Crippen LogP contribution in [0.3, 0.4) is 0 Å². The molecule has 49 heavy (non-hydrogen) atoms. The fraction of sp³-hybridized carbons (Fsp3) is 0.128. The summed E-state index contributed by atoms with van der Waals surface area (Å²) < 4.78 is 11.7. The highest BCUT2D eigenvalue weighted by Gasteiger charge is 2.20. The van der Waals surface area contributed by atoms with Crippen LogP contribution in [0.25, 0.3) is 0 Å². The number of allylic oxidation sites excluding steroid dienone is 2. The number of carbonyl (C=O) groups excluding carboxylic acids is 1. The minimum atomic E-state index is -0.979. The van der Waals surface area contributed by atoms with Crippen molar-refractivity contribution in [3.63, 3.8) is 0 Å². The number of hydrogen-bond acceptors (Lipinski definition) is 9. The monoisotopic (exact) mass is 653 g/mol. The molecule has 4 aromatic carbocycles. The van der Waals surface area contributed by atoms with Crippen LogP contribution in [-0.4, -0.2) is 53.3 Å². The van der Waals surface area contributed by atoms with Crippen LogP contribution in [0, 0.1) is 0 Å². The summed E-state index contributed by atoms with van der Waals surface area (Å²) in [7, 11) is 0. The van der Waals surface area contributed by atoms with Crippen LogP contribution >= 0.6 is 0 Å². The Labute approximate surface area is 284 Å². The van der Waals surface area contributed by atoms with Crippen LogP contribution in [0.1, 0.15) is 29.7 Å². The summed E-state index contributed by atoms with van der Waals surface area (Å²) in [6, 6.07) is 26.8. The van der Waals surface area contributed by atoms with Crippen molar-refractivity contribution >= 4 is 46.5 Å². The standard InChI is InChI=1S/C19H14N2O3.C19H14N2O2.CH4.H3N/c22-19(23)18-10-13-5-8-15(11-17(13)21-18)24-14-6-3-12(4-7-14)16-2-1-9-20-16;22-12-15-10-14-5-8-17(11-19(14)21-15)23-16-6-3-13(4-7-16)18-2-1-9-20-18;;/h1-8,11H,9-10H2,(H,22,23);1-8,11-12H,9-10H2;1H4;1H3. The number of rotatable bonds is 8. The van der Waals surface area contributed by atoms with Gasteiger partial charge in [-0.15, -0.1) is 0 Å². The number of carboxylic acids is 1. The van der Waals surface area contributed by atoms with Gasteiger partial charge in [0.1, 0.15) is 28.7 Å². The van der Waals surface area contributed by atoms with E-state index in [1.807, 2.05) is 103 Å². The fourth-order valence-electron chi connectivity index (χ4n) is 5.44. The third kappa shape index (κ3) is 7.83. The average Bonchev–Trinajstić information content (AvgIpc) is 3.92. The zero-order valence-electron chi connectivity index (χ0n) is 25.9.